The van der Waals surface area contributed by atoms with Gasteiger partial charge in [-0.2, -0.15) is 0 Å². The maximum atomic E-state index is 8.38. The van der Waals surface area contributed by atoms with Crippen molar-refractivity contribution < 1.29 is 18.9 Å². The van der Waals surface area contributed by atoms with Crippen LogP contribution in [0.4, 0.5) is 11.5 Å². The summed E-state index contributed by atoms with van der Waals surface area (Å²) in [5.74, 6) is 1.79. The Morgan fingerprint density at radius 2 is 1.72 bits per heavy atom. The molecule has 2 aliphatic rings. The Hall–Kier alpha value is -2.84. The molecule has 2 aromatic rings. The second-order valence-corrected chi connectivity index (χ2v) is 8.26. The monoisotopic (exact) mass is 500 g/mol. The summed E-state index contributed by atoms with van der Waals surface area (Å²) in [5, 5.41) is 15.4. The summed E-state index contributed by atoms with van der Waals surface area (Å²) >= 11 is 0. The van der Waals surface area contributed by atoms with E-state index in [4.69, 9.17) is 24.4 Å². The summed E-state index contributed by atoms with van der Waals surface area (Å²) in [7, 11) is 3.28. The number of rotatable bonds is 8. The third-order valence-electron chi connectivity index (χ3n) is 6.19. The predicted octanol–water partition coefficient (Wildman–Crippen LogP) is 6.25. The highest BCUT2D eigenvalue weighted by Crippen LogP contribution is 2.37. The van der Waals surface area contributed by atoms with Gasteiger partial charge >= 0.3 is 0 Å². The van der Waals surface area contributed by atoms with E-state index >= 15 is 0 Å². The Labute approximate surface area is 216 Å². The largest absolute Gasteiger partial charge is 0.497 e. The topological polar surface area (TPSA) is 97.7 Å². The van der Waals surface area contributed by atoms with Crippen molar-refractivity contribution in [1.29, 1.82) is 5.41 Å². The molecular weight excluding hydrogens is 456 g/mol. The maximum Gasteiger partial charge on any atom is 0.168 e. The SMILES string of the molecule is CC.CC.COc1ccc(CNc2nccc(NC3CCC4(CC3)OCCO4)c2C(C)=N)c(OC)c1. The summed E-state index contributed by atoms with van der Waals surface area (Å²) in [6.07, 6.45) is 5.47. The minimum Gasteiger partial charge on any atom is -0.497 e. The van der Waals surface area contributed by atoms with Crippen molar-refractivity contribution in [3.63, 3.8) is 0 Å². The molecule has 36 heavy (non-hydrogen) atoms. The number of pyridine rings is 1. The molecule has 8 heteroatoms. The average molecular weight is 501 g/mol. The van der Waals surface area contributed by atoms with E-state index < -0.39 is 0 Å². The molecule has 3 N–H and O–H groups in total. The second kappa shape index (κ2) is 14.7. The summed E-state index contributed by atoms with van der Waals surface area (Å²) in [5.41, 5.74) is 3.15. The Morgan fingerprint density at radius 3 is 2.31 bits per heavy atom. The number of nitrogens with zero attached hydrogens (tertiary/aromatic N) is 1. The van der Waals surface area contributed by atoms with Gasteiger partial charge in [0.05, 0.1) is 33.0 Å². The fourth-order valence-electron chi connectivity index (χ4n) is 4.48. The molecule has 1 saturated carbocycles. The number of nitrogens with one attached hydrogen (secondary N) is 3. The lowest BCUT2D eigenvalue weighted by atomic mass is 9.89. The highest BCUT2D eigenvalue weighted by molar-refractivity contribution is 6.05. The standard InChI is InChI=1S/C24H32N4O4.2C2H6/c1-16(25)22-20(28-18-6-9-24(10-7-18)31-12-13-32-24)8-11-26-23(22)27-15-17-4-5-19(29-2)14-21(17)30-3;2*1-2/h4-5,8,11,14,18,25H,6-7,9-10,12-13,15H2,1-3H3,(H2,26,27,28);2*1-2H3. The van der Waals surface area contributed by atoms with Crippen molar-refractivity contribution in [2.45, 2.75) is 78.7 Å². The first kappa shape index (κ1) is 29.4. The molecule has 2 fully saturated rings. The van der Waals surface area contributed by atoms with Crippen LogP contribution < -0.4 is 20.1 Å². The number of benzene rings is 1. The number of methoxy groups -OCH3 is 2. The summed E-state index contributed by atoms with van der Waals surface area (Å²) < 4.78 is 22.5. The lowest BCUT2D eigenvalue weighted by Crippen LogP contribution is -2.39. The molecule has 2 heterocycles. The summed E-state index contributed by atoms with van der Waals surface area (Å²) in [6.45, 7) is 11.7. The van der Waals surface area contributed by atoms with Gasteiger partial charge in [0.1, 0.15) is 17.3 Å². The van der Waals surface area contributed by atoms with Gasteiger partial charge in [0.25, 0.3) is 0 Å². The van der Waals surface area contributed by atoms with Crippen molar-refractivity contribution >= 4 is 17.2 Å². The molecule has 1 spiro atoms. The Balaban J connectivity index is 0.00000109. The van der Waals surface area contributed by atoms with E-state index in [1.807, 2.05) is 52.0 Å². The zero-order valence-corrected chi connectivity index (χ0v) is 23.0. The number of anilines is 2. The quantitative estimate of drug-likeness (QED) is 0.369. The number of hydrogen-bond acceptors (Lipinski definition) is 8. The van der Waals surface area contributed by atoms with Crippen molar-refractivity contribution in [3.05, 3.63) is 41.6 Å². The highest BCUT2D eigenvalue weighted by atomic mass is 16.7. The van der Waals surface area contributed by atoms with E-state index in [1.165, 1.54) is 0 Å². The zero-order chi connectivity index (χ0) is 26.6. The molecule has 0 atom stereocenters. The zero-order valence-electron chi connectivity index (χ0n) is 23.0. The minimum atomic E-state index is -0.374. The van der Waals surface area contributed by atoms with Crippen LogP contribution in [-0.4, -0.2) is 50.0 Å². The molecule has 4 rings (SSSR count). The van der Waals surface area contributed by atoms with Crippen molar-refractivity contribution in [3.8, 4) is 11.5 Å². The van der Waals surface area contributed by atoms with Gasteiger partial charge in [0.2, 0.25) is 0 Å². The number of hydrogen-bond donors (Lipinski definition) is 3. The summed E-state index contributed by atoms with van der Waals surface area (Å²) in [6, 6.07) is 7.98. The summed E-state index contributed by atoms with van der Waals surface area (Å²) in [4.78, 5) is 4.52. The number of aromatic nitrogens is 1. The molecule has 1 aliphatic carbocycles. The van der Waals surface area contributed by atoms with Gasteiger partial charge in [0.15, 0.2) is 5.79 Å². The van der Waals surface area contributed by atoms with E-state index in [2.05, 4.69) is 15.6 Å². The van der Waals surface area contributed by atoms with Gasteiger partial charge in [0, 0.05) is 54.7 Å². The van der Waals surface area contributed by atoms with Gasteiger partial charge in [-0.3, -0.25) is 0 Å². The third kappa shape index (κ3) is 7.34. The molecule has 200 valence electrons. The molecule has 1 aromatic heterocycles. The lowest BCUT2D eigenvalue weighted by molar-refractivity contribution is -0.177. The van der Waals surface area contributed by atoms with Crippen LogP contribution in [0.25, 0.3) is 0 Å². The van der Waals surface area contributed by atoms with Gasteiger partial charge < -0.3 is 35.0 Å². The average Bonchev–Trinajstić information content (AvgIpc) is 3.39. The van der Waals surface area contributed by atoms with E-state index in [9.17, 15) is 0 Å². The van der Waals surface area contributed by atoms with Crippen LogP contribution in [0.15, 0.2) is 30.5 Å². The van der Waals surface area contributed by atoms with Gasteiger partial charge in [-0.05, 0) is 38.0 Å². The van der Waals surface area contributed by atoms with E-state index in [0.29, 0.717) is 37.3 Å². The van der Waals surface area contributed by atoms with Crippen LogP contribution in [0.5, 0.6) is 11.5 Å². The molecule has 1 saturated heterocycles. The fraction of sp³-hybridized carbons (Fsp3) is 0.571. The predicted molar refractivity (Wildman–Crippen MR) is 147 cm³/mol. The first-order valence-corrected chi connectivity index (χ1v) is 13.1. The Kier molecular flexibility index (Phi) is 12.0. The van der Waals surface area contributed by atoms with Crippen LogP contribution in [0.2, 0.25) is 0 Å². The van der Waals surface area contributed by atoms with E-state index in [-0.39, 0.29) is 5.79 Å². The molecule has 0 unspecified atom stereocenters. The molecule has 1 aliphatic heterocycles. The van der Waals surface area contributed by atoms with Gasteiger partial charge in [-0.15, -0.1) is 0 Å². The first-order chi connectivity index (χ1) is 17.5. The third-order valence-corrected chi connectivity index (χ3v) is 6.19. The first-order valence-electron chi connectivity index (χ1n) is 13.1. The molecule has 0 amide bonds. The van der Waals surface area contributed by atoms with Crippen LogP contribution in [0, 0.1) is 5.41 Å². The molecule has 0 bridgehead atoms. The lowest BCUT2D eigenvalue weighted by Gasteiger charge is -2.36. The number of ether oxygens (including phenoxy) is 4. The molecule has 8 nitrogen and oxygen atoms in total. The van der Waals surface area contributed by atoms with Crippen LogP contribution >= 0.6 is 0 Å². The Morgan fingerprint density at radius 1 is 1.06 bits per heavy atom. The van der Waals surface area contributed by atoms with Crippen LogP contribution in [0.3, 0.4) is 0 Å². The van der Waals surface area contributed by atoms with Gasteiger partial charge in [-0.25, -0.2) is 4.98 Å². The minimum absolute atomic E-state index is 0.309. The smallest absolute Gasteiger partial charge is 0.168 e. The Bertz CT molecular complexity index is 951. The maximum absolute atomic E-state index is 8.38. The van der Waals surface area contributed by atoms with Crippen molar-refractivity contribution in [2.24, 2.45) is 0 Å². The van der Waals surface area contributed by atoms with E-state index in [0.717, 1.165) is 54.0 Å². The fourth-order valence-corrected chi connectivity index (χ4v) is 4.48. The van der Waals surface area contributed by atoms with Crippen molar-refractivity contribution in [1.82, 2.24) is 4.98 Å². The van der Waals surface area contributed by atoms with Gasteiger partial charge in [-0.1, -0.05) is 27.7 Å². The molecular formula is C28H44N4O4. The van der Waals surface area contributed by atoms with Crippen LogP contribution in [0.1, 0.15) is 71.4 Å². The van der Waals surface area contributed by atoms with E-state index in [1.54, 1.807) is 27.3 Å². The van der Waals surface area contributed by atoms with Crippen LogP contribution in [-0.2, 0) is 16.0 Å². The normalized spacial score (nSPS) is 16.2. The second-order valence-electron chi connectivity index (χ2n) is 8.26. The molecule has 0 radical (unpaired) electrons. The molecule has 1 aromatic carbocycles. The highest BCUT2D eigenvalue weighted by Gasteiger charge is 2.40. The van der Waals surface area contributed by atoms with Crippen molar-refractivity contribution in [2.75, 3.05) is 38.1 Å².